The molecule has 0 saturated carbocycles. The molecule has 0 spiro atoms. The molecule has 0 aromatic heterocycles. The smallest absolute Gasteiger partial charge is 0.255 e. The first-order valence-electron chi connectivity index (χ1n) is 10.9. The molecule has 1 saturated heterocycles. The van der Waals surface area contributed by atoms with E-state index in [4.69, 9.17) is 0 Å². The van der Waals surface area contributed by atoms with Crippen LogP contribution in [0.4, 0.5) is 0 Å². The largest absolute Gasteiger partial charge is 0.348 e. The summed E-state index contributed by atoms with van der Waals surface area (Å²) in [5.41, 5.74) is 5.35. The molecular weight excluding hydrogens is 408 g/mol. The van der Waals surface area contributed by atoms with E-state index in [1.807, 2.05) is 30.3 Å². The van der Waals surface area contributed by atoms with Gasteiger partial charge in [-0.3, -0.25) is 24.5 Å². The van der Waals surface area contributed by atoms with Gasteiger partial charge in [0.1, 0.15) is 6.04 Å². The number of amides is 4. The Morgan fingerprint density at radius 3 is 2.75 bits per heavy atom. The molecule has 32 heavy (non-hydrogen) atoms. The van der Waals surface area contributed by atoms with Crippen molar-refractivity contribution in [1.29, 1.82) is 0 Å². The first kappa shape index (κ1) is 20.4. The van der Waals surface area contributed by atoms with E-state index in [1.165, 1.54) is 10.5 Å². The number of carbonyl (C=O) groups is 4. The minimum absolute atomic E-state index is 0.139. The second-order valence-corrected chi connectivity index (χ2v) is 8.48. The molecule has 3 N–H and O–H groups in total. The van der Waals surface area contributed by atoms with Crippen LogP contribution < -0.4 is 16.0 Å². The zero-order valence-electron chi connectivity index (χ0n) is 17.6. The zero-order chi connectivity index (χ0) is 22.2. The first-order chi connectivity index (χ1) is 15.5. The highest BCUT2D eigenvalue weighted by Gasteiger charge is 2.39. The number of rotatable bonds is 4. The number of fused-ring (bicyclic) bond motifs is 2. The van der Waals surface area contributed by atoms with Crippen molar-refractivity contribution in [1.82, 2.24) is 20.9 Å². The normalized spacial score (nSPS) is 19.9. The number of piperidine rings is 1. The van der Waals surface area contributed by atoms with Gasteiger partial charge in [0.15, 0.2) is 0 Å². The fraction of sp³-hybridized carbons (Fsp3) is 0.333. The minimum Gasteiger partial charge on any atom is -0.348 e. The summed E-state index contributed by atoms with van der Waals surface area (Å²) in [5, 5.41) is 8.58. The standard InChI is InChI=1S/C24H24N4O4/c29-21-6-5-20(23(31)27-21)28-13-18-9-14(1-4-19(18)24(28)32)11-26-22(30)16-3-2-15-7-8-25-12-17(15)10-16/h1-4,9-10,20,25H,5-8,11-13H2,(H,26,30)(H,27,29,31). The van der Waals surface area contributed by atoms with Crippen molar-refractivity contribution >= 4 is 23.6 Å². The molecule has 1 atom stereocenters. The molecule has 5 rings (SSSR count). The van der Waals surface area contributed by atoms with Crippen molar-refractivity contribution in [3.05, 3.63) is 69.8 Å². The van der Waals surface area contributed by atoms with Crippen LogP contribution in [0.1, 0.15) is 55.8 Å². The fourth-order valence-electron chi connectivity index (χ4n) is 4.64. The highest BCUT2D eigenvalue weighted by atomic mass is 16.2. The Bertz CT molecular complexity index is 1140. The molecule has 0 bridgehead atoms. The third-order valence-electron chi connectivity index (χ3n) is 6.40. The topological polar surface area (TPSA) is 108 Å². The molecule has 3 aliphatic rings. The van der Waals surface area contributed by atoms with Gasteiger partial charge < -0.3 is 15.5 Å². The third kappa shape index (κ3) is 3.78. The zero-order valence-corrected chi connectivity index (χ0v) is 17.6. The van der Waals surface area contributed by atoms with Crippen molar-refractivity contribution < 1.29 is 19.2 Å². The van der Waals surface area contributed by atoms with Gasteiger partial charge in [0.2, 0.25) is 11.8 Å². The minimum atomic E-state index is -0.630. The summed E-state index contributed by atoms with van der Waals surface area (Å²) in [6.07, 6.45) is 1.54. The van der Waals surface area contributed by atoms with E-state index in [0.717, 1.165) is 36.2 Å². The van der Waals surface area contributed by atoms with E-state index in [1.54, 1.807) is 6.07 Å². The Morgan fingerprint density at radius 2 is 1.91 bits per heavy atom. The monoisotopic (exact) mass is 432 g/mol. The van der Waals surface area contributed by atoms with Gasteiger partial charge in [-0.1, -0.05) is 18.2 Å². The highest BCUT2D eigenvalue weighted by molar-refractivity contribution is 6.05. The van der Waals surface area contributed by atoms with Crippen molar-refractivity contribution in [3.8, 4) is 0 Å². The molecule has 164 valence electrons. The summed E-state index contributed by atoms with van der Waals surface area (Å²) in [7, 11) is 0. The van der Waals surface area contributed by atoms with E-state index < -0.39 is 11.9 Å². The van der Waals surface area contributed by atoms with E-state index >= 15 is 0 Å². The lowest BCUT2D eigenvalue weighted by Gasteiger charge is -2.29. The van der Waals surface area contributed by atoms with Crippen LogP contribution in [-0.2, 0) is 35.6 Å². The van der Waals surface area contributed by atoms with Crippen LogP contribution in [0.25, 0.3) is 0 Å². The van der Waals surface area contributed by atoms with Crippen LogP contribution in [0, 0.1) is 0 Å². The van der Waals surface area contributed by atoms with Crippen LogP contribution >= 0.6 is 0 Å². The number of imide groups is 1. The number of hydrogen-bond acceptors (Lipinski definition) is 5. The van der Waals surface area contributed by atoms with Gasteiger partial charge in [-0.15, -0.1) is 0 Å². The third-order valence-corrected chi connectivity index (χ3v) is 6.40. The maximum atomic E-state index is 12.8. The second-order valence-electron chi connectivity index (χ2n) is 8.48. The Balaban J connectivity index is 1.25. The van der Waals surface area contributed by atoms with Gasteiger partial charge >= 0.3 is 0 Å². The van der Waals surface area contributed by atoms with Crippen molar-refractivity contribution in [2.75, 3.05) is 6.54 Å². The Labute approximate surface area is 185 Å². The van der Waals surface area contributed by atoms with Crippen LogP contribution in [0.2, 0.25) is 0 Å². The van der Waals surface area contributed by atoms with Gasteiger partial charge in [0.05, 0.1) is 0 Å². The number of carbonyl (C=O) groups excluding carboxylic acids is 4. The van der Waals surface area contributed by atoms with Crippen molar-refractivity contribution in [2.24, 2.45) is 0 Å². The SMILES string of the molecule is O=C1CCC(N2Cc3cc(CNC(=O)c4ccc5c(c4)CNCC5)ccc3C2=O)C(=O)N1. The summed E-state index contributed by atoms with van der Waals surface area (Å²) >= 11 is 0. The highest BCUT2D eigenvalue weighted by Crippen LogP contribution is 2.28. The molecule has 3 heterocycles. The summed E-state index contributed by atoms with van der Waals surface area (Å²) in [6, 6.07) is 10.7. The summed E-state index contributed by atoms with van der Waals surface area (Å²) in [6.45, 7) is 2.40. The average Bonchev–Trinajstić information content (AvgIpc) is 3.12. The Kier molecular flexibility index (Phi) is 5.22. The fourth-order valence-corrected chi connectivity index (χ4v) is 4.64. The lowest BCUT2D eigenvalue weighted by Crippen LogP contribution is -2.52. The predicted octanol–water partition coefficient (Wildman–Crippen LogP) is 1.02. The summed E-state index contributed by atoms with van der Waals surface area (Å²) in [5.74, 6) is -1.06. The predicted molar refractivity (Wildman–Crippen MR) is 116 cm³/mol. The maximum Gasteiger partial charge on any atom is 0.255 e. The molecular formula is C24H24N4O4. The molecule has 2 aromatic carbocycles. The van der Waals surface area contributed by atoms with Crippen LogP contribution in [0.15, 0.2) is 36.4 Å². The van der Waals surface area contributed by atoms with Gasteiger partial charge in [0, 0.05) is 37.2 Å². The van der Waals surface area contributed by atoms with Gasteiger partial charge in [-0.05, 0) is 59.8 Å². The van der Waals surface area contributed by atoms with Crippen LogP contribution in [0.5, 0.6) is 0 Å². The molecule has 0 aliphatic carbocycles. The molecule has 3 aliphatic heterocycles. The molecule has 4 amide bonds. The van der Waals surface area contributed by atoms with Crippen LogP contribution in [-0.4, -0.2) is 41.1 Å². The number of nitrogens with zero attached hydrogens (tertiary/aromatic N) is 1. The van der Waals surface area contributed by atoms with E-state index in [9.17, 15) is 19.2 Å². The lowest BCUT2D eigenvalue weighted by atomic mass is 9.98. The molecule has 8 heteroatoms. The second kappa shape index (κ2) is 8.20. The van der Waals surface area contributed by atoms with E-state index in [-0.39, 0.29) is 24.1 Å². The van der Waals surface area contributed by atoms with Crippen molar-refractivity contribution in [2.45, 2.75) is 44.9 Å². The molecule has 0 radical (unpaired) electrons. The lowest BCUT2D eigenvalue weighted by molar-refractivity contribution is -0.136. The Hall–Kier alpha value is -3.52. The molecule has 2 aromatic rings. The average molecular weight is 432 g/mol. The molecule has 8 nitrogen and oxygen atoms in total. The molecule has 1 unspecified atom stereocenters. The van der Waals surface area contributed by atoms with Gasteiger partial charge in [-0.25, -0.2) is 0 Å². The summed E-state index contributed by atoms with van der Waals surface area (Å²) < 4.78 is 0. The number of nitrogens with one attached hydrogen (secondary N) is 3. The Morgan fingerprint density at radius 1 is 1.03 bits per heavy atom. The molecule has 1 fully saturated rings. The first-order valence-corrected chi connectivity index (χ1v) is 10.9. The number of hydrogen-bond donors (Lipinski definition) is 3. The van der Waals surface area contributed by atoms with Crippen molar-refractivity contribution in [3.63, 3.8) is 0 Å². The summed E-state index contributed by atoms with van der Waals surface area (Å²) in [4.78, 5) is 50.5. The van der Waals surface area contributed by atoms with E-state index in [0.29, 0.717) is 30.6 Å². The quantitative estimate of drug-likeness (QED) is 0.626. The van der Waals surface area contributed by atoms with Gasteiger partial charge in [-0.2, -0.15) is 0 Å². The number of benzene rings is 2. The van der Waals surface area contributed by atoms with Gasteiger partial charge in [0.25, 0.3) is 11.8 Å². The van der Waals surface area contributed by atoms with E-state index in [2.05, 4.69) is 16.0 Å². The maximum absolute atomic E-state index is 12.8. The van der Waals surface area contributed by atoms with Crippen LogP contribution in [0.3, 0.4) is 0 Å².